The minimum absolute atomic E-state index is 0.0287. The monoisotopic (exact) mass is 297 g/mol. The molecule has 0 saturated heterocycles. The Labute approximate surface area is 125 Å². The fraction of sp³-hybridized carbons (Fsp3) is 0.647. The number of benzene rings is 1. The standard InChI is InChI=1S/C17H25F2NO/c1-3-21-17(12-7-5-4-6-8-12)16(20)14-13(18)10-9-11(2)15(14)19/h9-10,12,16-17H,3-8,20H2,1-2H3. The van der Waals surface area contributed by atoms with Crippen LogP contribution in [0.2, 0.25) is 0 Å². The maximum absolute atomic E-state index is 14.3. The number of nitrogens with two attached hydrogens (primary N) is 1. The Morgan fingerprint density at radius 3 is 2.52 bits per heavy atom. The maximum atomic E-state index is 14.3. The molecule has 2 atom stereocenters. The Balaban J connectivity index is 2.29. The number of hydrogen-bond acceptors (Lipinski definition) is 2. The Morgan fingerprint density at radius 2 is 1.90 bits per heavy atom. The zero-order chi connectivity index (χ0) is 15.4. The van der Waals surface area contributed by atoms with Gasteiger partial charge < -0.3 is 10.5 Å². The van der Waals surface area contributed by atoms with Gasteiger partial charge in [-0.05, 0) is 44.2 Å². The first-order valence-electron chi connectivity index (χ1n) is 7.88. The lowest BCUT2D eigenvalue weighted by Crippen LogP contribution is -2.37. The first kappa shape index (κ1) is 16.4. The molecule has 1 fully saturated rings. The van der Waals surface area contributed by atoms with Crippen LogP contribution in [-0.4, -0.2) is 12.7 Å². The highest BCUT2D eigenvalue weighted by atomic mass is 19.1. The maximum Gasteiger partial charge on any atom is 0.133 e. The summed E-state index contributed by atoms with van der Waals surface area (Å²) >= 11 is 0. The zero-order valence-corrected chi connectivity index (χ0v) is 12.9. The molecule has 0 spiro atoms. The highest BCUT2D eigenvalue weighted by Crippen LogP contribution is 2.35. The summed E-state index contributed by atoms with van der Waals surface area (Å²) in [4.78, 5) is 0. The van der Waals surface area contributed by atoms with E-state index in [1.54, 1.807) is 6.92 Å². The van der Waals surface area contributed by atoms with Crippen molar-refractivity contribution in [2.24, 2.45) is 11.7 Å². The molecule has 1 aromatic carbocycles. The van der Waals surface area contributed by atoms with Crippen LogP contribution in [0.5, 0.6) is 0 Å². The summed E-state index contributed by atoms with van der Waals surface area (Å²) in [5.74, 6) is -0.831. The molecule has 21 heavy (non-hydrogen) atoms. The Bertz CT molecular complexity index is 472. The fourth-order valence-electron chi connectivity index (χ4n) is 3.34. The molecule has 0 aromatic heterocycles. The molecule has 1 aliphatic rings. The van der Waals surface area contributed by atoms with Crippen LogP contribution in [0.25, 0.3) is 0 Å². The third kappa shape index (κ3) is 3.61. The van der Waals surface area contributed by atoms with Gasteiger partial charge in [0.05, 0.1) is 12.1 Å². The second-order valence-corrected chi connectivity index (χ2v) is 5.94. The molecule has 1 aromatic rings. The van der Waals surface area contributed by atoms with E-state index in [0.29, 0.717) is 12.2 Å². The van der Waals surface area contributed by atoms with Crippen LogP contribution in [-0.2, 0) is 4.74 Å². The SMILES string of the molecule is CCOC(C1CCCCC1)C(N)c1c(F)ccc(C)c1F. The van der Waals surface area contributed by atoms with Crippen molar-refractivity contribution in [2.45, 2.75) is 58.1 Å². The van der Waals surface area contributed by atoms with Crippen molar-refractivity contribution in [3.8, 4) is 0 Å². The van der Waals surface area contributed by atoms with Crippen LogP contribution in [0, 0.1) is 24.5 Å². The normalized spacial score (nSPS) is 19.5. The van der Waals surface area contributed by atoms with Crippen LogP contribution in [0.3, 0.4) is 0 Å². The summed E-state index contributed by atoms with van der Waals surface area (Å²) in [6.07, 6.45) is 5.22. The predicted molar refractivity (Wildman–Crippen MR) is 80.0 cm³/mol. The molecule has 118 valence electrons. The van der Waals surface area contributed by atoms with E-state index in [1.165, 1.54) is 18.6 Å². The topological polar surface area (TPSA) is 35.2 Å². The van der Waals surface area contributed by atoms with Crippen molar-refractivity contribution >= 4 is 0 Å². The second kappa shape index (κ2) is 7.32. The first-order chi connectivity index (χ1) is 10.1. The number of ether oxygens (including phenoxy) is 1. The average molecular weight is 297 g/mol. The number of aryl methyl sites for hydroxylation is 1. The molecule has 0 radical (unpaired) electrons. The molecule has 2 nitrogen and oxygen atoms in total. The van der Waals surface area contributed by atoms with E-state index >= 15 is 0 Å². The summed E-state index contributed by atoms with van der Waals surface area (Å²) in [5, 5.41) is 0. The highest BCUT2D eigenvalue weighted by molar-refractivity contribution is 5.30. The van der Waals surface area contributed by atoms with Gasteiger partial charge >= 0.3 is 0 Å². The van der Waals surface area contributed by atoms with Crippen molar-refractivity contribution in [3.05, 3.63) is 34.9 Å². The molecule has 2 N–H and O–H groups in total. The van der Waals surface area contributed by atoms with E-state index in [4.69, 9.17) is 10.5 Å². The summed E-state index contributed by atoms with van der Waals surface area (Å²) in [5.41, 5.74) is 6.61. The molecular formula is C17H25F2NO. The molecule has 1 aliphatic carbocycles. The lowest BCUT2D eigenvalue weighted by atomic mass is 9.81. The number of hydrogen-bond donors (Lipinski definition) is 1. The van der Waals surface area contributed by atoms with Crippen molar-refractivity contribution in [1.29, 1.82) is 0 Å². The van der Waals surface area contributed by atoms with Gasteiger partial charge in [0.1, 0.15) is 11.6 Å². The molecule has 2 rings (SSSR count). The van der Waals surface area contributed by atoms with Crippen LogP contribution in [0.15, 0.2) is 12.1 Å². The van der Waals surface area contributed by atoms with E-state index in [2.05, 4.69) is 0 Å². The van der Waals surface area contributed by atoms with E-state index < -0.39 is 17.7 Å². The van der Waals surface area contributed by atoms with Gasteiger partial charge in [-0.2, -0.15) is 0 Å². The van der Waals surface area contributed by atoms with Gasteiger partial charge in [0.15, 0.2) is 0 Å². The van der Waals surface area contributed by atoms with Crippen molar-refractivity contribution in [1.82, 2.24) is 0 Å². The van der Waals surface area contributed by atoms with E-state index in [-0.39, 0.29) is 17.6 Å². The predicted octanol–water partition coefficient (Wildman–Crippen LogP) is 4.26. The highest BCUT2D eigenvalue weighted by Gasteiger charge is 2.33. The third-order valence-corrected chi connectivity index (χ3v) is 4.48. The van der Waals surface area contributed by atoms with Crippen LogP contribution in [0.1, 0.15) is 56.2 Å². The Kier molecular flexibility index (Phi) is 5.71. The average Bonchev–Trinajstić information content (AvgIpc) is 2.49. The van der Waals surface area contributed by atoms with E-state index in [0.717, 1.165) is 25.7 Å². The van der Waals surface area contributed by atoms with Gasteiger partial charge in [0, 0.05) is 12.2 Å². The van der Waals surface area contributed by atoms with Gasteiger partial charge in [0.25, 0.3) is 0 Å². The summed E-state index contributed by atoms with van der Waals surface area (Å²) < 4.78 is 34.2. The number of halogens is 2. The molecule has 2 unspecified atom stereocenters. The van der Waals surface area contributed by atoms with Gasteiger partial charge in [-0.3, -0.25) is 0 Å². The van der Waals surface area contributed by atoms with Crippen LogP contribution in [0.4, 0.5) is 8.78 Å². The minimum Gasteiger partial charge on any atom is -0.376 e. The molecule has 0 bridgehead atoms. The molecular weight excluding hydrogens is 272 g/mol. The molecule has 0 amide bonds. The largest absolute Gasteiger partial charge is 0.376 e. The van der Waals surface area contributed by atoms with Crippen LogP contribution >= 0.6 is 0 Å². The third-order valence-electron chi connectivity index (χ3n) is 4.48. The zero-order valence-electron chi connectivity index (χ0n) is 12.9. The lowest BCUT2D eigenvalue weighted by molar-refractivity contribution is -0.0112. The van der Waals surface area contributed by atoms with Gasteiger partial charge in [-0.1, -0.05) is 25.3 Å². The number of rotatable bonds is 5. The first-order valence-corrected chi connectivity index (χ1v) is 7.88. The Morgan fingerprint density at radius 1 is 1.24 bits per heavy atom. The Hall–Kier alpha value is -1.00. The fourth-order valence-corrected chi connectivity index (χ4v) is 3.34. The molecule has 0 aliphatic heterocycles. The van der Waals surface area contributed by atoms with E-state index in [9.17, 15) is 8.78 Å². The second-order valence-electron chi connectivity index (χ2n) is 5.94. The van der Waals surface area contributed by atoms with Crippen molar-refractivity contribution < 1.29 is 13.5 Å². The molecule has 4 heteroatoms. The van der Waals surface area contributed by atoms with Crippen LogP contribution < -0.4 is 5.73 Å². The summed E-state index contributed by atoms with van der Waals surface area (Å²) in [6.45, 7) is 4.02. The van der Waals surface area contributed by atoms with Gasteiger partial charge in [-0.25, -0.2) is 8.78 Å². The summed E-state index contributed by atoms with van der Waals surface area (Å²) in [7, 11) is 0. The quantitative estimate of drug-likeness (QED) is 0.881. The van der Waals surface area contributed by atoms with E-state index in [1.807, 2.05) is 6.92 Å². The van der Waals surface area contributed by atoms with Crippen molar-refractivity contribution in [3.63, 3.8) is 0 Å². The minimum atomic E-state index is -0.757. The molecule has 1 saturated carbocycles. The smallest absolute Gasteiger partial charge is 0.133 e. The lowest BCUT2D eigenvalue weighted by Gasteiger charge is -2.34. The van der Waals surface area contributed by atoms with Crippen molar-refractivity contribution in [2.75, 3.05) is 6.61 Å². The van der Waals surface area contributed by atoms with Gasteiger partial charge in [0.2, 0.25) is 0 Å². The van der Waals surface area contributed by atoms with Gasteiger partial charge in [-0.15, -0.1) is 0 Å². The molecule has 0 heterocycles. The summed E-state index contributed by atoms with van der Waals surface area (Å²) in [6, 6.07) is 1.97.